The van der Waals surface area contributed by atoms with Crippen molar-refractivity contribution in [3.63, 3.8) is 0 Å². The van der Waals surface area contributed by atoms with E-state index in [2.05, 4.69) is 10.6 Å². The van der Waals surface area contributed by atoms with Gasteiger partial charge in [0.1, 0.15) is 12.1 Å². The van der Waals surface area contributed by atoms with E-state index in [0.29, 0.717) is 19.3 Å². The highest BCUT2D eigenvalue weighted by atomic mass is 16.7. The van der Waals surface area contributed by atoms with Crippen LogP contribution in [0.3, 0.4) is 0 Å². The van der Waals surface area contributed by atoms with E-state index >= 15 is 0 Å². The Morgan fingerprint density at radius 3 is 1.38 bits per heavy atom. The molecule has 230 valence electrons. The van der Waals surface area contributed by atoms with Gasteiger partial charge in [0.05, 0.1) is 32.5 Å². The van der Waals surface area contributed by atoms with Crippen molar-refractivity contribution in [3.05, 3.63) is 0 Å². The maximum absolute atomic E-state index is 12.7. The van der Waals surface area contributed by atoms with Crippen LogP contribution in [-0.2, 0) is 57.7 Å². The molecule has 0 spiro atoms. The van der Waals surface area contributed by atoms with Crippen LogP contribution in [0.1, 0.15) is 64.2 Å². The van der Waals surface area contributed by atoms with Crippen LogP contribution >= 0.6 is 0 Å². The van der Waals surface area contributed by atoms with Gasteiger partial charge in [-0.25, -0.2) is 14.4 Å². The van der Waals surface area contributed by atoms with Gasteiger partial charge in [0, 0.05) is 32.1 Å². The Labute approximate surface area is 238 Å². The van der Waals surface area contributed by atoms with E-state index in [0.717, 1.165) is 15.2 Å². The number of nitrogens with zero attached hydrogens (tertiary/aromatic N) is 3. The molecule has 0 aromatic heterocycles. The number of carbonyl (C=O) groups excluding carboxylic acids is 8. The van der Waals surface area contributed by atoms with E-state index in [1.54, 1.807) is 0 Å². The zero-order valence-corrected chi connectivity index (χ0v) is 22.5. The predicted molar refractivity (Wildman–Crippen MR) is 131 cm³/mol. The Hall–Kier alpha value is -4.77. The minimum Gasteiger partial charge on any atom is -0.481 e. The fourth-order valence-corrected chi connectivity index (χ4v) is 4.15. The lowest BCUT2D eigenvalue weighted by atomic mass is 10.1. The highest BCUT2D eigenvalue weighted by Gasteiger charge is 2.34. The molecule has 42 heavy (non-hydrogen) atoms. The zero-order valence-electron chi connectivity index (χ0n) is 22.5. The van der Waals surface area contributed by atoms with E-state index in [1.165, 1.54) is 0 Å². The molecule has 3 rings (SSSR count). The molecule has 0 aliphatic carbocycles. The summed E-state index contributed by atoms with van der Waals surface area (Å²) in [5.41, 5.74) is 0. The molecule has 2 unspecified atom stereocenters. The molecule has 5 amide bonds. The number of hydroxylamine groups is 6. The second-order valence-electron chi connectivity index (χ2n) is 9.62. The monoisotopic (exact) mass is 597 g/mol. The van der Waals surface area contributed by atoms with Gasteiger partial charge in [0.2, 0.25) is 11.8 Å². The van der Waals surface area contributed by atoms with Crippen molar-refractivity contribution in [2.45, 2.75) is 76.3 Å². The summed E-state index contributed by atoms with van der Waals surface area (Å²) in [4.78, 5) is 124. The second kappa shape index (κ2) is 14.7. The molecule has 0 saturated carbocycles. The molecule has 3 saturated heterocycles. The van der Waals surface area contributed by atoms with Crippen LogP contribution in [0.25, 0.3) is 0 Å². The number of carboxylic acids is 1. The van der Waals surface area contributed by atoms with Gasteiger partial charge in [0.15, 0.2) is 0 Å². The standard InChI is InChI=1S/C24H31N5O13/c30-16(25-14(12-21(35)36)23(38)41-28-10-2-5-19(28)33)7-8-17(31)26-15(24(39)42-29-11-3-6-20(29)34)13-22(37)40-27-9-1-4-18(27)32/h14-15H,1-13H2,(H,25,30)(H,26,31)(H,35,36). The van der Waals surface area contributed by atoms with Gasteiger partial charge >= 0.3 is 23.9 Å². The summed E-state index contributed by atoms with van der Waals surface area (Å²) in [6, 6.07) is -3.30. The fraction of sp³-hybridized carbons (Fsp3) is 0.625. The summed E-state index contributed by atoms with van der Waals surface area (Å²) in [6.07, 6.45) is -0.956. The van der Waals surface area contributed by atoms with Gasteiger partial charge in [0.25, 0.3) is 17.7 Å². The third-order valence-corrected chi connectivity index (χ3v) is 6.27. The van der Waals surface area contributed by atoms with Crippen LogP contribution < -0.4 is 10.6 Å². The van der Waals surface area contributed by atoms with Gasteiger partial charge in [-0.05, 0) is 19.3 Å². The Kier molecular flexibility index (Phi) is 11.1. The number of amides is 5. The maximum atomic E-state index is 12.7. The lowest BCUT2D eigenvalue weighted by molar-refractivity contribution is -0.199. The summed E-state index contributed by atoms with van der Waals surface area (Å²) >= 11 is 0. The molecule has 3 aliphatic rings. The number of carbonyl (C=O) groups is 9. The number of hydrogen-bond donors (Lipinski definition) is 3. The van der Waals surface area contributed by atoms with Crippen molar-refractivity contribution < 1.29 is 62.8 Å². The first-order chi connectivity index (χ1) is 19.9. The number of aliphatic carboxylic acids is 1. The van der Waals surface area contributed by atoms with Crippen molar-refractivity contribution in [3.8, 4) is 0 Å². The molecule has 0 bridgehead atoms. The lowest BCUT2D eigenvalue weighted by Gasteiger charge is -2.22. The summed E-state index contributed by atoms with van der Waals surface area (Å²) < 4.78 is 0. The zero-order chi connectivity index (χ0) is 30.8. The van der Waals surface area contributed by atoms with Crippen LogP contribution in [0.15, 0.2) is 0 Å². The van der Waals surface area contributed by atoms with Crippen LogP contribution in [0.4, 0.5) is 0 Å². The minimum atomic E-state index is -1.66. The average Bonchev–Trinajstić information content (AvgIpc) is 3.64. The number of hydrogen-bond acceptors (Lipinski definition) is 12. The molecule has 18 heteroatoms. The molecule has 3 aliphatic heterocycles. The summed E-state index contributed by atoms with van der Waals surface area (Å²) in [7, 11) is 0. The first-order valence-corrected chi connectivity index (χ1v) is 13.3. The van der Waals surface area contributed by atoms with E-state index < -0.39 is 91.2 Å². The third kappa shape index (κ3) is 9.41. The number of rotatable bonds is 14. The average molecular weight is 598 g/mol. The molecular formula is C24H31N5O13. The van der Waals surface area contributed by atoms with E-state index in [-0.39, 0.29) is 38.9 Å². The first-order valence-electron chi connectivity index (χ1n) is 13.3. The van der Waals surface area contributed by atoms with Gasteiger partial charge in [-0.15, -0.1) is 0 Å². The fourth-order valence-electron chi connectivity index (χ4n) is 4.15. The lowest BCUT2D eigenvalue weighted by Crippen LogP contribution is -2.47. The Morgan fingerprint density at radius 1 is 0.643 bits per heavy atom. The highest BCUT2D eigenvalue weighted by Crippen LogP contribution is 2.15. The van der Waals surface area contributed by atoms with Crippen molar-refractivity contribution in [2.24, 2.45) is 0 Å². The molecule has 3 heterocycles. The van der Waals surface area contributed by atoms with Crippen molar-refractivity contribution in [1.82, 2.24) is 25.8 Å². The summed E-state index contributed by atoms with van der Waals surface area (Å²) in [5, 5.41) is 15.9. The Bertz CT molecular complexity index is 1140. The summed E-state index contributed by atoms with van der Waals surface area (Å²) in [5.74, 6) is -8.03. The molecule has 18 nitrogen and oxygen atoms in total. The van der Waals surface area contributed by atoms with Gasteiger partial charge in [-0.3, -0.25) is 28.8 Å². The number of carboxylic acid groups (broad SMARTS) is 1. The molecule has 0 aromatic rings. The largest absolute Gasteiger partial charge is 0.481 e. The topological polar surface area (TPSA) is 235 Å². The minimum absolute atomic E-state index is 0.115. The highest BCUT2D eigenvalue weighted by molar-refractivity contribution is 5.92. The van der Waals surface area contributed by atoms with Crippen molar-refractivity contribution in [1.29, 1.82) is 0 Å². The van der Waals surface area contributed by atoms with Crippen molar-refractivity contribution >= 4 is 53.4 Å². The Balaban J connectivity index is 1.55. The Morgan fingerprint density at radius 2 is 1.02 bits per heavy atom. The van der Waals surface area contributed by atoms with Crippen LogP contribution in [-0.4, -0.2) is 105 Å². The maximum Gasteiger partial charge on any atom is 0.355 e. The van der Waals surface area contributed by atoms with Gasteiger partial charge in [-0.1, -0.05) is 0 Å². The van der Waals surface area contributed by atoms with Crippen molar-refractivity contribution in [2.75, 3.05) is 19.6 Å². The summed E-state index contributed by atoms with van der Waals surface area (Å²) in [6.45, 7) is 0.397. The SMILES string of the molecule is O=C(O)CC(NC(=O)CCC(=O)NC(CC(=O)ON1CCCC1=O)C(=O)ON1CCCC1=O)C(=O)ON1CCCC1=O. The van der Waals surface area contributed by atoms with E-state index in [4.69, 9.17) is 19.6 Å². The molecule has 2 atom stereocenters. The predicted octanol–water partition coefficient (Wildman–Crippen LogP) is -2.16. The first kappa shape index (κ1) is 31.8. The second-order valence-corrected chi connectivity index (χ2v) is 9.62. The normalized spacial score (nSPS) is 18.0. The number of nitrogens with one attached hydrogen (secondary N) is 2. The van der Waals surface area contributed by atoms with Crippen LogP contribution in [0.5, 0.6) is 0 Å². The van der Waals surface area contributed by atoms with Crippen LogP contribution in [0.2, 0.25) is 0 Å². The quantitative estimate of drug-likeness (QED) is 0.194. The molecular weight excluding hydrogens is 566 g/mol. The van der Waals surface area contributed by atoms with Gasteiger partial charge < -0.3 is 30.3 Å². The third-order valence-electron chi connectivity index (χ3n) is 6.27. The molecule has 3 fully saturated rings. The smallest absolute Gasteiger partial charge is 0.355 e. The molecule has 3 N–H and O–H groups in total. The molecule has 0 aromatic carbocycles. The van der Waals surface area contributed by atoms with Crippen LogP contribution in [0, 0.1) is 0 Å². The van der Waals surface area contributed by atoms with Gasteiger partial charge in [-0.2, -0.15) is 15.2 Å². The molecule has 0 radical (unpaired) electrons. The van der Waals surface area contributed by atoms with E-state index in [1.807, 2.05) is 0 Å². The van der Waals surface area contributed by atoms with E-state index in [9.17, 15) is 43.2 Å².